The maximum absolute atomic E-state index is 5.10. The van der Waals surface area contributed by atoms with Gasteiger partial charge in [-0.1, -0.05) is 88.6 Å². The Hall–Kier alpha value is -2.59. The summed E-state index contributed by atoms with van der Waals surface area (Å²) in [6, 6.07) is 12.8. The van der Waals surface area contributed by atoms with Crippen molar-refractivity contribution < 1.29 is 4.74 Å². The summed E-state index contributed by atoms with van der Waals surface area (Å²) in [5, 5.41) is 0. The topological polar surface area (TPSA) is 47.9 Å². The van der Waals surface area contributed by atoms with Gasteiger partial charge < -0.3 is 4.74 Å². The Kier molecular flexibility index (Phi) is 12.5. The average molecular weight is 474 g/mol. The third-order valence-electron chi connectivity index (χ3n) is 6.60. The number of nitrogens with zero attached hydrogens (tertiary/aromatic N) is 3. The van der Waals surface area contributed by atoms with Gasteiger partial charge >= 0.3 is 0 Å². The summed E-state index contributed by atoms with van der Waals surface area (Å²) in [5.74, 6) is 0.782. The molecule has 0 amide bonds. The number of hydrogen-bond donors (Lipinski definition) is 0. The van der Waals surface area contributed by atoms with Crippen molar-refractivity contribution >= 4 is 0 Å². The van der Waals surface area contributed by atoms with Crippen LogP contribution >= 0.6 is 0 Å². The van der Waals surface area contributed by atoms with Gasteiger partial charge in [0, 0.05) is 43.4 Å². The monoisotopic (exact) mass is 473 g/mol. The molecule has 0 aliphatic carbocycles. The third-order valence-corrected chi connectivity index (χ3v) is 6.60. The van der Waals surface area contributed by atoms with Crippen LogP contribution in [0.15, 0.2) is 55.0 Å². The number of hydrogen-bond acceptors (Lipinski definition) is 4. The minimum Gasteiger partial charge on any atom is -0.385 e. The van der Waals surface area contributed by atoms with Crippen molar-refractivity contribution in [1.29, 1.82) is 0 Å². The molecule has 188 valence electrons. The van der Waals surface area contributed by atoms with Crippen molar-refractivity contribution in [3.05, 3.63) is 66.1 Å². The first-order chi connectivity index (χ1) is 17.3. The van der Waals surface area contributed by atoms with Crippen LogP contribution in [0.5, 0.6) is 0 Å². The number of unbranched alkanes of at least 4 members (excludes halogenated alkanes) is 9. The molecule has 0 radical (unpaired) electrons. The van der Waals surface area contributed by atoms with Gasteiger partial charge in [0.2, 0.25) is 0 Å². The van der Waals surface area contributed by atoms with E-state index in [0.29, 0.717) is 0 Å². The molecule has 0 fully saturated rings. The molecule has 4 heteroatoms. The summed E-state index contributed by atoms with van der Waals surface area (Å²) in [6.45, 7) is 3.14. The molecule has 35 heavy (non-hydrogen) atoms. The lowest BCUT2D eigenvalue weighted by Crippen LogP contribution is -1.94. The van der Waals surface area contributed by atoms with Gasteiger partial charge in [-0.2, -0.15) is 0 Å². The van der Waals surface area contributed by atoms with Crippen LogP contribution in [0.1, 0.15) is 88.7 Å². The molecule has 0 saturated carbocycles. The van der Waals surface area contributed by atoms with E-state index in [2.05, 4.69) is 53.3 Å². The highest BCUT2D eigenvalue weighted by Crippen LogP contribution is 2.22. The van der Waals surface area contributed by atoms with Gasteiger partial charge in [-0.3, -0.25) is 4.98 Å². The van der Waals surface area contributed by atoms with Gasteiger partial charge in [0.1, 0.15) is 0 Å². The summed E-state index contributed by atoms with van der Waals surface area (Å²) in [5.41, 5.74) is 5.74. The van der Waals surface area contributed by atoms with Gasteiger partial charge in [0.25, 0.3) is 0 Å². The lowest BCUT2D eigenvalue weighted by atomic mass is 10.0. The van der Waals surface area contributed by atoms with Crippen molar-refractivity contribution in [2.24, 2.45) is 0 Å². The zero-order chi connectivity index (χ0) is 24.6. The highest BCUT2D eigenvalue weighted by atomic mass is 16.5. The molecule has 0 saturated heterocycles. The first kappa shape index (κ1) is 27.0. The first-order valence-electron chi connectivity index (χ1n) is 13.7. The Morgan fingerprint density at radius 1 is 0.571 bits per heavy atom. The van der Waals surface area contributed by atoms with Crippen LogP contribution in [0.4, 0.5) is 0 Å². The molecule has 0 aliphatic heterocycles. The molecule has 0 aliphatic rings. The van der Waals surface area contributed by atoms with E-state index < -0.39 is 0 Å². The maximum Gasteiger partial charge on any atom is 0.159 e. The Bertz CT molecular complexity index is 936. The zero-order valence-electron chi connectivity index (χ0n) is 21.8. The number of aryl methyl sites for hydroxylation is 2. The number of methoxy groups -OCH3 is 1. The van der Waals surface area contributed by atoms with E-state index in [1.807, 2.05) is 18.6 Å². The molecule has 0 atom stereocenters. The van der Waals surface area contributed by atoms with Crippen LogP contribution in [0.3, 0.4) is 0 Å². The molecule has 3 aromatic rings. The fourth-order valence-electron chi connectivity index (χ4n) is 4.38. The molecule has 0 spiro atoms. The summed E-state index contributed by atoms with van der Waals surface area (Å²) >= 11 is 0. The minimum absolute atomic E-state index is 0.782. The van der Waals surface area contributed by atoms with Crippen molar-refractivity contribution in [1.82, 2.24) is 15.0 Å². The van der Waals surface area contributed by atoms with Crippen molar-refractivity contribution in [3.8, 4) is 22.6 Å². The van der Waals surface area contributed by atoms with Crippen LogP contribution in [-0.4, -0.2) is 28.7 Å². The number of ether oxygens (including phenoxy) is 1. The Morgan fingerprint density at radius 3 is 1.77 bits per heavy atom. The molecule has 0 N–H and O–H groups in total. The summed E-state index contributed by atoms with van der Waals surface area (Å²) < 4.78 is 5.10. The second-order valence-corrected chi connectivity index (χ2v) is 9.57. The molecular formula is C31H43N3O. The normalized spacial score (nSPS) is 11.1. The van der Waals surface area contributed by atoms with Gasteiger partial charge in [-0.05, 0) is 49.3 Å². The van der Waals surface area contributed by atoms with E-state index in [-0.39, 0.29) is 0 Å². The van der Waals surface area contributed by atoms with E-state index in [1.165, 1.54) is 81.8 Å². The molecular weight excluding hydrogens is 430 g/mol. The SMILES string of the molecule is CCCCCCCc1ccc(-c2ccc(-c3ncc(CCCCCCCCOC)cn3)cc2)nc1. The second kappa shape index (κ2) is 16.1. The molecule has 2 heterocycles. The van der Waals surface area contributed by atoms with Crippen molar-refractivity contribution in [2.45, 2.75) is 90.4 Å². The average Bonchev–Trinajstić information content (AvgIpc) is 2.91. The van der Waals surface area contributed by atoms with Crippen LogP contribution < -0.4 is 0 Å². The molecule has 2 aromatic heterocycles. The Morgan fingerprint density at radius 2 is 1.14 bits per heavy atom. The molecule has 0 unspecified atom stereocenters. The van der Waals surface area contributed by atoms with E-state index in [4.69, 9.17) is 9.72 Å². The van der Waals surface area contributed by atoms with E-state index in [9.17, 15) is 0 Å². The number of benzene rings is 1. The van der Waals surface area contributed by atoms with E-state index in [1.54, 1.807) is 7.11 Å². The zero-order valence-corrected chi connectivity index (χ0v) is 21.8. The molecule has 1 aromatic carbocycles. The first-order valence-corrected chi connectivity index (χ1v) is 13.7. The van der Waals surface area contributed by atoms with Gasteiger partial charge in [0.15, 0.2) is 5.82 Å². The largest absolute Gasteiger partial charge is 0.385 e. The van der Waals surface area contributed by atoms with Gasteiger partial charge in [-0.25, -0.2) is 9.97 Å². The third kappa shape index (κ3) is 9.89. The lowest BCUT2D eigenvalue weighted by Gasteiger charge is -2.06. The van der Waals surface area contributed by atoms with E-state index >= 15 is 0 Å². The Balaban J connectivity index is 1.43. The van der Waals surface area contributed by atoms with Gasteiger partial charge in [0.05, 0.1) is 5.69 Å². The smallest absolute Gasteiger partial charge is 0.159 e. The predicted molar refractivity (Wildman–Crippen MR) is 146 cm³/mol. The lowest BCUT2D eigenvalue weighted by molar-refractivity contribution is 0.192. The second-order valence-electron chi connectivity index (χ2n) is 9.57. The summed E-state index contributed by atoms with van der Waals surface area (Å²) in [4.78, 5) is 13.9. The van der Waals surface area contributed by atoms with Crippen molar-refractivity contribution in [2.75, 3.05) is 13.7 Å². The van der Waals surface area contributed by atoms with Crippen LogP contribution in [-0.2, 0) is 17.6 Å². The number of pyridine rings is 1. The summed E-state index contributed by atoms with van der Waals surface area (Å²) in [7, 11) is 1.77. The van der Waals surface area contributed by atoms with Crippen LogP contribution in [0, 0.1) is 0 Å². The predicted octanol–water partition coefficient (Wildman–Crippen LogP) is 8.25. The number of rotatable bonds is 17. The highest BCUT2D eigenvalue weighted by molar-refractivity contribution is 5.65. The van der Waals surface area contributed by atoms with Crippen molar-refractivity contribution in [3.63, 3.8) is 0 Å². The molecule has 3 rings (SSSR count). The minimum atomic E-state index is 0.782. The quantitative estimate of drug-likeness (QED) is 0.185. The number of aromatic nitrogens is 3. The Labute approximate surface area is 212 Å². The summed E-state index contributed by atoms with van der Waals surface area (Å²) in [6.07, 6.45) is 22.2. The van der Waals surface area contributed by atoms with E-state index in [0.717, 1.165) is 42.1 Å². The van der Waals surface area contributed by atoms with Gasteiger partial charge in [-0.15, -0.1) is 0 Å². The van der Waals surface area contributed by atoms with Crippen LogP contribution in [0.25, 0.3) is 22.6 Å². The van der Waals surface area contributed by atoms with Crippen LogP contribution in [0.2, 0.25) is 0 Å². The molecule has 0 bridgehead atoms. The molecule has 4 nitrogen and oxygen atoms in total. The fraction of sp³-hybridized carbons (Fsp3) is 0.516. The highest BCUT2D eigenvalue weighted by Gasteiger charge is 2.05. The maximum atomic E-state index is 5.10. The fourth-order valence-corrected chi connectivity index (χ4v) is 4.38. The standard InChI is InChI=1S/C31H43N3O/c1-3-4-5-8-11-14-26-16-21-30(32-23-26)28-17-19-29(20-18-28)31-33-24-27(25-34-31)15-12-9-6-7-10-13-22-35-2/h16-21,23-25H,3-15,22H2,1-2H3.